The second kappa shape index (κ2) is 9.52. The number of nitrogens with one attached hydrogen (secondary N) is 2. The number of aromatic nitrogens is 3. The number of piperazine rings is 1. The van der Waals surface area contributed by atoms with Gasteiger partial charge in [-0.1, -0.05) is 23.5 Å². The van der Waals surface area contributed by atoms with E-state index in [0.29, 0.717) is 42.0 Å². The van der Waals surface area contributed by atoms with Gasteiger partial charge in [-0.2, -0.15) is 23.3 Å². The summed E-state index contributed by atoms with van der Waals surface area (Å²) in [7, 11) is 0. The predicted octanol–water partition coefficient (Wildman–Crippen LogP) is 4.24. The van der Waals surface area contributed by atoms with Crippen molar-refractivity contribution in [3.63, 3.8) is 0 Å². The molecule has 2 aromatic carbocycles. The van der Waals surface area contributed by atoms with Gasteiger partial charge in [-0.05, 0) is 41.5 Å². The third-order valence-electron chi connectivity index (χ3n) is 5.96. The Morgan fingerprint density at radius 3 is 2.83 bits per heavy atom. The lowest BCUT2D eigenvalue weighted by Gasteiger charge is -2.32. The van der Waals surface area contributed by atoms with Crippen LogP contribution in [0.5, 0.6) is 5.88 Å². The molecule has 0 aliphatic carbocycles. The molecule has 0 bridgehead atoms. The number of hydrogen-bond acceptors (Lipinski definition) is 7. The van der Waals surface area contributed by atoms with Crippen LogP contribution < -0.4 is 10.2 Å². The van der Waals surface area contributed by atoms with Gasteiger partial charge < -0.3 is 20.4 Å². The zero-order valence-corrected chi connectivity index (χ0v) is 19.5. The van der Waals surface area contributed by atoms with E-state index in [4.69, 9.17) is 0 Å². The highest BCUT2D eigenvalue weighted by Crippen LogP contribution is 2.42. The van der Waals surface area contributed by atoms with Crippen LogP contribution >= 0.6 is 11.3 Å². The van der Waals surface area contributed by atoms with Gasteiger partial charge in [0.2, 0.25) is 5.88 Å². The first-order chi connectivity index (χ1) is 17.2. The van der Waals surface area contributed by atoms with Crippen LogP contribution in [0.1, 0.15) is 21.6 Å². The van der Waals surface area contributed by atoms with Gasteiger partial charge >= 0.3 is 6.18 Å². The van der Waals surface area contributed by atoms with Crippen LogP contribution in [0, 0.1) is 5.82 Å². The molecule has 3 heterocycles. The first-order valence-electron chi connectivity index (χ1n) is 11.0. The summed E-state index contributed by atoms with van der Waals surface area (Å²) >= 11 is 1.13. The smallest absolute Gasteiger partial charge is 0.417 e. The second-order valence-electron chi connectivity index (χ2n) is 8.39. The molecule has 188 valence electrons. The number of hydrogen-bond donors (Lipinski definition) is 4. The number of H-pyrrole nitrogens is 1. The van der Waals surface area contributed by atoms with Crippen molar-refractivity contribution in [3.8, 4) is 5.88 Å². The van der Waals surface area contributed by atoms with Gasteiger partial charge in [0.15, 0.2) is 5.13 Å². The van der Waals surface area contributed by atoms with Gasteiger partial charge in [0.05, 0.1) is 23.9 Å². The quantitative estimate of drug-likeness (QED) is 0.233. The largest absolute Gasteiger partial charge is 0.492 e. The summed E-state index contributed by atoms with van der Waals surface area (Å²) in [6, 6.07) is 7.50. The fourth-order valence-electron chi connectivity index (χ4n) is 4.18. The Kier molecular flexibility index (Phi) is 6.41. The Morgan fingerprint density at radius 1 is 1.22 bits per heavy atom. The molecule has 36 heavy (non-hydrogen) atoms. The minimum atomic E-state index is -4.78. The fourth-order valence-corrected chi connectivity index (χ4v) is 5.21. The molecule has 1 aliphatic rings. The SMILES string of the molecule is OC[C@H]1CN(c2nc(O)c(C(=Cc3ccc(F)cc3C(F)(F)F)c3ccc4[nH]ncc4c3)s2)CCN1. The Balaban J connectivity index is 1.66. The van der Waals surface area contributed by atoms with Gasteiger partial charge in [-0.25, -0.2) is 4.39 Å². The van der Waals surface area contributed by atoms with Crippen molar-refractivity contribution in [3.05, 3.63) is 70.0 Å². The van der Waals surface area contributed by atoms with Crippen molar-refractivity contribution in [2.24, 2.45) is 0 Å². The van der Waals surface area contributed by atoms with E-state index < -0.39 is 17.6 Å². The van der Waals surface area contributed by atoms with Crippen LogP contribution in [-0.4, -0.2) is 57.7 Å². The molecule has 0 saturated carbocycles. The molecule has 12 heteroatoms. The van der Waals surface area contributed by atoms with Gasteiger partial charge in [0.25, 0.3) is 0 Å². The molecule has 7 nitrogen and oxygen atoms in total. The molecule has 0 unspecified atom stereocenters. The number of aliphatic hydroxyl groups is 1. The van der Waals surface area contributed by atoms with Crippen LogP contribution in [0.2, 0.25) is 0 Å². The summed E-state index contributed by atoms with van der Waals surface area (Å²) in [5.74, 6) is -1.33. The van der Waals surface area contributed by atoms with Crippen molar-refractivity contribution in [1.29, 1.82) is 0 Å². The maximum Gasteiger partial charge on any atom is 0.417 e. The van der Waals surface area contributed by atoms with Gasteiger partial charge in [-0.15, -0.1) is 0 Å². The Morgan fingerprint density at radius 2 is 2.06 bits per heavy atom. The minimum absolute atomic E-state index is 0.0681. The number of benzene rings is 2. The first kappa shape index (κ1) is 24.2. The number of aliphatic hydroxyl groups excluding tert-OH is 1. The van der Waals surface area contributed by atoms with Crippen molar-refractivity contribution < 1.29 is 27.8 Å². The van der Waals surface area contributed by atoms with E-state index in [0.717, 1.165) is 34.4 Å². The normalized spacial score (nSPS) is 17.2. The summed E-state index contributed by atoms with van der Waals surface area (Å²) in [6.45, 7) is 1.57. The van der Waals surface area contributed by atoms with Crippen molar-refractivity contribution >= 4 is 39.0 Å². The highest BCUT2D eigenvalue weighted by atomic mass is 32.1. The number of nitrogens with zero attached hydrogens (tertiary/aromatic N) is 3. The van der Waals surface area contributed by atoms with Crippen LogP contribution in [0.15, 0.2) is 42.6 Å². The maximum absolute atomic E-state index is 13.7. The van der Waals surface area contributed by atoms with E-state index in [1.165, 1.54) is 6.08 Å². The predicted molar refractivity (Wildman–Crippen MR) is 129 cm³/mol. The molecule has 0 spiro atoms. The van der Waals surface area contributed by atoms with Crippen LogP contribution in [0.25, 0.3) is 22.6 Å². The van der Waals surface area contributed by atoms with Gasteiger partial charge in [0.1, 0.15) is 10.7 Å². The molecule has 1 saturated heterocycles. The molecular weight excluding hydrogens is 498 g/mol. The molecule has 1 atom stereocenters. The molecule has 1 aliphatic heterocycles. The van der Waals surface area contributed by atoms with E-state index in [9.17, 15) is 27.8 Å². The number of aromatic amines is 1. The Bertz CT molecular complexity index is 1430. The van der Waals surface area contributed by atoms with Crippen LogP contribution in [0.3, 0.4) is 0 Å². The number of fused-ring (bicyclic) bond motifs is 1. The summed E-state index contributed by atoms with van der Waals surface area (Å²) in [5, 5.41) is 31.5. The molecule has 1 fully saturated rings. The zero-order chi connectivity index (χ0) is 25.4. The Labute approximate surface area is 206 Å². The summed E-state index contributed by atoms with van der Waals surface area (Å²) in [5.41, 5.74) is 0.191. The number of thiazole rings is 1. The average Bonchev–Trinajstić information content (AvgIpc) is 3.48. The lowest BCUT2D eigenvalue weighted by Crippen LogP contribution is -2.52. The standard InChI is InChI=1S/C24H21F4N5O2S/c25-16-3-1-14(19(9-16)24(26,27)28)8-18(13-2-4-20-15(7-13)10-30-32-20)21-22(35)31-23(36-21)33-6-5-29-17(11-33)12-34/h1-4,7-10,17,29,34-35H,5-6,11-12H2,(H,30,32)/t17-/m1/s1. The highest BCUT2D eigenvalue weighted by Gasteiger charge is 2.34. The van der Waals surface area contributed by atoms with Gasteiger partial charge in [-0.3, -0.25) is 5.10 Å². The summed E-state index contributed by atoms with van der Waals surface area (Å²) in [6.07, 6.45) is -1.91. The lowest BCUT2D eigenvalue weighted by atomic mass is 9.97. The van der Waals surface area contributed by atoms with E-state index in [1.54, 1.807) is 24.4 Å². The Hall–Kier alpha value is -3.48. The molecule has 5 rings (SSSR count). The van der Waals surface area contributed by atoms with Crippen LogP contribution in [0.4, 0.5) is 22.7 Å². The third kappa shape index (κ3) is 4.79. The van der Waals surface area contributed by atoms with Crippen molar-refractivity contribution in [2.75, 3.05) is 31.1 Å². The van der Waals surface area contributed by atoms with E-state index in [1.807, 2.05) is 4.90 Å². The third-order valence-corrected chi connectivity index (χ3v) is 7.10. The molecule has 0 radical (unpaired) electrons. The number of halogens is 4. The fraction of sp³-hybridized carbons (Fsp3) is 0.250. The van der Waals surface area contributed by atoms with Crippen LogP contribution in [-0.2, 0) is 6.18 Å². The molecular formula is C24H21F4N5O2S. The second-order valence-corrected chi connectivity index (χ2v) is 9.37. The monoisotopic (exact) mass is 519 g/mol. The highest BCUT2D eigenvalue weighted by molar-refractivity contribution is 7.17. The molecule has 0 amide bonds. The number of alkyl halides is 3. The number of aromatic hydroxyl groups is 1. The average molecular weight is 520 g/mol. The molecule has 4 aromatic rings. The number of anilines is 1. The maximum atomic E-state index is 13.7. The van der Waals surface area contributed by atoms with E-state index in [2.05, 4.69) is 20.5 Å². The van der Waals surface area contributed by atoms with Crippen molar-refractivity contribution in [1.82, 2.24) is 20.5 Å². The zero-order valence-electron chi connectivity index (χ0n) is 18.7. The molecule has 4 N–H and O–H groups in total. The molecule has 2 aromatic heterocycles. The summed E-state index contributed by atoms with van der Waals surface area (Å²) in [4.78, 5) is 6.45. The van der Waals surface area contributed by atoms with Crippen molar-refractivity contribution in [2.45, 2.75) is 12.2 Å². The van der Waals surface area contributed by atoms with Gasteiger partial charge in [0, 0.05) is 36.6 Å². The number of rotatable bonds is 5. The summed E-state index contributed by atoms with van der Waals surface area (Å²) < 4.78 is 55.0. The lowest BCUT2D eigenvalue weighted by molar-refractivity contribution is -0.137. The topological polar surface area (TPSA) is 97.3 Å². The first-order valence-corrected chi connectivity index (χ1v) is 11.9. The minimum Gasteiger partial charge on any atom is -0.492 e. The van der Waals surface area contributed by atoms with E-state index >= 15 is 0 Å². The van der Waals surface area contributed by atoms with E-state index in [-0.39, 0.29) is 29.0 Å².